The number of aryl methyl sites for hydroxylation is 2. The van der Waals surface area contributed by atoms with E-state index < -0.39 is 5.54 Å². The molecule has 1 heterocycles. The normalized spacial score (nSPS) is 20.0. The zero-order valence-corrected chi connectivity index (χ0v) is 12.1. The van der Waals surface area contributed by atoms with Crippen molar-refractivity contribution in [3.05, 3.63) is 17.5 Å². The molecule has 5 nitrogen and oxygen atoms in total. The maximum Gasteiger partial charge on any atom is 0.240 e. The maximum absolute atomic E-state index is 12.4. The van der Waals surface area contributed by atoms with Gasteiger partial charge >= 0.3 is 0 Å². The van der Waals surface area contributed by atoms with Gasteiger partial charge in [0.1, 0.15) is 0 Å². The number of hydrogen-bond acceptors (Lipinski definition) is 3. The molecule has 3 N–H and O–H groups in total. The molecule has 1 saturated carbocycles. The third-order valence-electron chi connectivity index (χ3n) is 4.06. The lowest BCUT2D eigenvalue weighted by molar-refractivity contribution is -0.128. The van der Waals surface area contributed by atoms with Crippen LogP contribution in [0.5, 0.6) is 0 Å². The van der Waals surface area contributed by atoms with E-state index in [1.807, 2.05) is 27.1 Å². The van der Waals surface area contributed by atoms with E-state index in [2.05, 4.69) is 10.4 Å². The molecule has 106 valence electrons. The molecule has 1 aliphatic carbocycles. The highest BCUT2D eigenvalue weighted by molar-refractivity contribution is 5.86. The van der Waals surface area contributed by atoms with Crippen molar-refractivity contribution in [2.45, 2.75) is 57.5 Å². The lowest BCUT2D eigenvalue weighted by atomic mass is 9.81. The molecule has 1 unspecified atom stereocenters. The molecular formula is C14H24N4O. The zero-order chi connectivity index (χ0) is 14.0. The number of amides is 1. The number of nitrogens with one attached hydrogen (secondary N) is 1. The van der Waals surface area contributed by atoms with Crippen molar-refractivity contribution in [2.24, 2.45) is 12.8 Å². The monoisotopic (exact) mass is 264 g/mol. The standard InChI is InChI=1S/C14H24N4O/c1-10(12-9-18(3)17-11(12)2)16-13(19)14(15)7-5-4-6-8-14/h9-10H,4-8,15H2,1-3H3,(H,16,19). The van der Waals surface area contributed by atoms with Gasteiger partial charge in [0.15, 0.2) is 0 Å². The van der Waals surface area contributed by atoms with E-state index in [1.165, 1.54) is 6.42 Å². The van der Waals surface area contributed by atoms with Crippen LogP contribution in [-0.2, 0) is 11.8 Å². The Morgan fingerprint density at radius 2 is 2.11 bits per heavy atom. The van der Waals surface area contributed by atoms with Crippen molar-refractivity contribution in [3.8, 4) is 0 Å². The van der Waals surface area contributed by atoms with Gasteiger partial charge in [-0.1, -0.05) is 19.3 Å². The average molecular weight is 264 g/mol. The first-order chi connectivity index (χ1) is 8.92. The Kier molecular flexibility index (Phi) is 3.94. The SMILES string of the molecule is Cc1nn(C)cc1C(C)NC(=O)C1(N)CCCCC1. The summed E-state index contributed by atoms with van der Waals surface area (Å²) < 4.78 is 1.77. The predicted molar refractivity (Wildman–Crippen MR) is 74.5 cm³/mol. The van der Waals surface area contributed by atoms with Crippen molar-refractivity contribution in [1.29, 1.82) is 0 Å². The van der Waals surface area contributed by atoms with Gasteiger partial charge in [-0.3, -0.25) is 9.48 Å². The fourth-order valence-corrected chi connectivity index (χ4v) is 2.87. The van der Waals surface area contributed by atoms with E-state index in [0.717, 1.165) is 36.9 Å². The van der Waals surface area contributed by atoms with Gasteiger partial charge < -0.3 is 11.1 Å². The minimum absolute atomic E-state index is 0.0250. The molecule has 1 aliphatic rings. The number of rotatable bonds is 3. The molecule has 0 aliphatic heterocycles. The topological polar surface area (TPSA) is 72.9 Å². The van der Waals surface area contributed by atoms with Gasteiger partial charge in [0, 0.05) is 18.8 Å². The second-order valence-corrected chi connectivity index (χ2v) is 5.76. The fraction of sp³-hybridized carbons (Fsp3) is 0.714. The first-order valence-electron chi connectivity index (χ1n) is 7.02. The van der Waals surface area contributed by atoms with Crippen molar-refractivity contribution in [2.75, 3.05) is 0 Å². The Morgan fingerprint density at radius 3 is 2.63 bits per heavy atom. The quantitative estimate of drug-likeness (QED) is 0.870. The molecule has 0 radical (unpaired) electrons. The molecule has 2 rings (SSSR count). The van der Waals surface area contributed by atoms with E-state index >= 15 is 0 Å². The van der Waals surface area contributed by atoms with Crippen molar-refractivity contribution in [1.82, 2.24) is 15.1 Å². The van der Waals surface area contributed by atoms with Crippen LogP contribution >= 0.6 is 0 Å². The van der Waals surface area contributed by atoms with Gasteiger partial charge in [-0.2, -0.15) is 5.10 Å². The minimum Gasteiger partial charge on any atom is -0.348 e. The third-order valence-corrected chi connectivity index (χ3v) is 4.06. The van der Waals surface area contributed by atoms with Gasteiger partial charge in [0.2, 0.25) is 5.91 Å². The second-order valence-electron chi connectivity index (χ2n) is 5.76. The van der Waals surface area contributed by atoms with Crippen LogP contribution in [0.4, 0.5) is 0 Å². The molecule has 1 aromatic heterocycles. The number of nitrogens with two attached hydrogens (primary N) is 1. The van der Waals surface area contributed by atoms with E-state index in [-0.39, 0.29) is 11.9 Å². The van der Waals surface area contributed by atoms with Crippen LogP contribution in [-0.4, -0.2) is 21.2 Å². The Morgan fingerprint density at radius 1 is 1.47 bits per heavy atom. The summed E-state index contributed by atoms with van der Waals surface area (Å²) >= 11 is 0. The summed E-state index contributed by atoms with van der Waals surface area (Å²) in [4.78, 5) is 12.4. The van der Waals surface area contributed by atoms with Gasteiger partial charge in [0.25, 0.3) is 0 Å². The summed E-state index contributed by atoms with van der Waals surface area (Å²) in [5.74, 6) is -0.0250. The van der Waals surface area contributed by atoms with Crippen molar-refractivity contribution >= 4 is 5.91 Å². The van der Waals surface area contributed by atoms with Gasteiger partial charge in [0.05, 0.1) is 17.3 Å². The summed E-state index contributed by atoms with van der Waals surface area (Å²) in [5, 5.41) is 7.35. The van der Waals surface area contributed by atoms with E-state index in [1.54, 1.807) is 4.68 Å². The highest BCUT2D eigenvalue weighted by Gasteiger charge is 2.36. The zero-order valence-electron chi connectivity index (χ0n) is 12.1. The molecule has 0 saturated heterocycles. The smallest absolute Gasteiger partial charge is 0.240 e. The summed E-state index contributed by atoms with van der Waals surface area (Å²) in [6.07, 6.45) is 6.80. The average Bonchev–Trinajstić information content (AvgIpc) is 2.69. The molecular weight excluding hydrogens is 240 g/mol. The fourth-order valence-electron chi connectivity index (χ4n) is 2.87. The van der Waals surface area contributed by atoms with Gasteiger partial charge in [-0.25, -0.2) is 0 Å². The molecule has 1 fully saturated rings. The largest absolute Gasteiger partial charge is 0.348 e. The number of aromatic nitrogens is 2. The number of carbonyl (C=O) groups excluding carboxylic acids is 1. The lowest BCUT2D eigenvalue weighted by Crippen LogP contribution is -2.55. The van der Waals surface area contributed by atoms with E-state index in [9.17, 15) is 4.79 Å². The molecule has 0 bridgehead atoms. The number of hydrogen-bond donors (Lipinski definition) is 2. The molecule has 5 heteroatoms. The summed E-state index contributed by atoms with van der Waals surface area (Å²) in [6, 6.07) is -0.0523. The van der Waals surface area contributed by atoms with Crippen LogP contribution in [0.15, 0.2) is 6.20 Å². The van der Waals surface area contributed by atoms with Crippen LogP contribution in [0.3, 0.4) is 0 Å². The predicted octanol–water partition coefficient (Wildman–Crippen LogP) is 1.57. The second kappa shape index (κ2) is 5.33. The molecule has 1 atom stereocenters. The Hall–Kier alpha value is -1.36. The molecule has 1 aromatic rings. The van der Waals surface area contributed by atoms with E-state index in [0.29, 0.717) is 0 Å². The highest BCUT2D eigenvalue weighted by atomic mass is 16.2. The minimum atomic E-state index is -0.678. The Bertz CT molecular complexity index is 460. The maximum atomic E-state index is 12.4. The number of carbonyl (C=O) groups is 1. The molecule has 0 aromatic carbocycles. The molecule has 1 amide bonds. The Labute approximate surface area is 114 Å². The van der Waals surface area contributed by atoms with Crippen LogP contribution in [0, 0.1) is 6.92 Å². The van der Waals surface area contributed by atoms with Crippen molar-refractivity contribution in [3.63, 3.8) is 0 Å². The van der Waals surface area contributed by atoms with Crippen LogP contribution in [0.2, 0.25) is 0 Å². The summed E-state index contributed by atoms with van der Waals surface area (Å²) in [6.45, 7) is 3.94. The highest BCUT2D eigenvalue weighted by Crippen LogP contribution is 2.27. The van der Waals surface area contributed by atoms with Crippen molar-refractivity contribution < 1.29 is 4.79 Å². The van der Waals surface area contributed by atoms with Gasteiger partial charge in [-0.15, -0.1) is 0 Å². The van der Waals surface area contributed by atoms with Crippen LogP contribution in [0.1, 0.15) is 56.3 Å². The Balaban J connectivity index is 2.04. The summed E-state index contributed by atoms with van der Waals surface area (Å²) in [7, 11) is 1.89. The van der Waals surface area contributed by atoms with Gasteiger partial charge in [-0.05, 0) is 26.7 Å². The summed E-state index contributed by atoms with van der Waals surface area (Å²) in [5.41, 5.74) is 7.56. The third kappa shape index (κ3) is 2.97. The number of nitrogens with zero attached hydrogens (tertiary/aromatic N) is 2. The van der Waals surface area contributed by atoms with Crippen LogP contribution in [0.25, 0.3) is 0 Å². The first kappa shape index (κ1) is 14.1. The molecule has 19 heavy (non-hydrogen) atoms. The van der Waals surface area contributed by atoms with E-state index in [4.69, 9.17) is 5.73 Å². The molecule has 0 spiro atoms. The first-order valence-corrected chi connectivity index (χ1v) is 7.02. The van der Waals surface area contributed by atoms with Crippen LogP contribution < -0.4 is 11.1 Å². The lowest BCUT2D eigenvalue weighted by Gasteiger charge is -2.33.